The molecule has 0 heterocycles. The molecular formula is C21H27IO5S. The molecule has 0 spiro atoms. The number of carbonyl (C=O) groups is 2. The van der Waals surface area contributed by atoms with Crippen molar-refractivity contribution in [3.05, 3.63) is 51.5 Å². The van der Waals surface area contributed by atoms with E-state index in [9.17, 15) is 13.8 Å². The molecule has 1 aromatic rings. The molecule has 5 nitrogen and oxygen atoms in total. The fourth-order valence-corrected chi connectivity index (χ4v) is 4.15. The minimum Gasteiger partial charge on any atom is -0.465 e. The molecule has 1 aromatic carbocycles. The molecule has 0 aromatic heterocycles. The second-order valence-electron chi connectivity index (χ2n) is 6.24. The van der Waals surface area contributed by atoms with Crippen molar-refractivity contribution in [2.75, 3.05) is 13.2 Å². The highest BCUT2D eigenvalue weighted by molar-refractivity contribution is 14.1. The molecule has 7 heteroatoms. The fourth-order valence-electron chi connectivity index (χ4n) is 2.62. The van der Waals surface area contributed by atoms with Gasteiger partial charge in [0.05, 0.1) is 24.0 Å². The maximum absolute atomic E-state index is 12.6. The van der Waals surface area contributed by atoms with Gasteiger partial charge in [-0.15, -0.1) is 0 Å². The van der Waals surface area contributed by atoms with Gasteiger partial charge in [-0.1, -0.05) is 30.4 Å². The number of rotatable bonds is 11. The summed E-state index contributed by atoms with van der Waals surface area (Å²) >= 11 is 2.00. The third-order valence-electron chi connectivity index (χ3n) is 4.04. The fraction of sp³-hybridized carbons (Fsp3) is 0.429. The summed E-state index contributed by atoms with van der Waals surface area (Å²) in [7, 11) is -1.29. The highest BCUT2D eigenvalue weighted by Crippen LogP contribution is 2.37. The first-order valence-corrected chi connectivity index (χ1v) is 11.4. The minimum absolute atomic E-state index is 0.139. The summed E-state index contributed by atoms with van der Waals surface area (Å²) < 4.78 is 23.3. The smallest absolute Gasteiger partial charge is 0.323 e. The zero-order chi connectivity index (χ0) is 21.2. The predicted molar refractivity (Wildman–Crippen MR) is 119 cm³/mol. The van der Waals surface area contributed by atoms with Gasteiger partial charge >= 0.3 is 11.9 Å². The van der Waals surface area contributed by atoms with Crippen LogP contribution < -0.4 is 0 Å². The topological polar surface area (TPSA) is 69.7 Å². The largest absolute Gasteiger partial charge is 0.465 e. The van der Waals surface area contributed by atoms with Crippen molar-refractivity contribution in [1.82, 2.24) is 0 Å². The van der Waals surface area contributed by atoms with Crippen molar-refractivity contribution < 1.29 is 23.3 Å². The Hall–Kier alpha value is -1.48. The van der Waals surface area contributed by atoms with Crippen LogP contribution >= 0.6 is 22.6 Å². The van der Waals surface area contributed by atoms with Gasteiger partial charge in [-0.2, -0.15) is 0 Å². The lowest BCUT2D eigenvalue weighted by Crippen LogP contribution is -2.42. The van der Waals surface area contributed by atoms with Crippen LogP contribution in [-0.2, 0) is 29.9 Å². The van der Waals surface area contributed by atoms with Gasteiger partial charge in [0.25, 0.3) is 0 Å². The molecule has 28 heavy (non-hydrogen) atoms. The molecule has 1 atom stereocenters. The van der Waals surface area contributed by atoms with Crippen molar-refractivity contribution in [2.45, 2.75) is 44.9 Å². The van der Waals surface area contributed by atoms with Crippen LogP contribution in [0.2, 0.25) is 0 Å². The van der Waals surface area contributed by atoms with Crippen LogP contribution in [0.3, 0.4) is 0 Å². The maximum Gasteiger partial charge on any atom is 0.323 e. The molecule has 0 aliphatic rings. The Balaban J connectivity index is 2.96. The van der Waals surface area contributed by atoms with E-state index in [2.05, 4.69) is 6.58 Å². The van der Waals surface area contributed by atoms with Gasteiger partial charge in [-0.3, -0.25) is 9.59 Å². The third-order valence-corrected chi connectivity index (χ3v) is 5.59. The van der Waals surface area contributed by atoms with Crippen molar-refractivity contribution in [1.29, 1.82) is 0 Å². The summed E-state index contributed by atoms with van der Waals surface area (Å²) in [5.74, 6) is -1.22. The summed E-state index contributed by atoms with van der Waals surface area (Å²) in [5, 5.41) is 1.57. The summed E-state index contributed by atoms with van der Waals surface area (Å²) in [5.41, 5.74) is -0.350. The second-order valence-corrected chi connectivity index (χ2v) is 9.10. The SMILES string of the molecule is C=C(I)CC(CC/C=C/S(=O)c1ccc(C)cc1)(C(=O)OCC)C(=O)OCC. The minimum atomic E-state index is -1.44. The Labute approximate surface area is 183 Å². The molecule has 1 unspecified atom stereocenters. The number of carbonyl (C=O) groups excluding carboxylic acids is 2. The van der Waals surface area contributed by atoms with Gasteiger partial charge in [-0.25, -0.2) is 4.21 Å². The van der Waals surface area contributed by atoms with Crippen molar-refractivity contribution >= 4 is 45.3 Å². The van der Waals surface area contributed by atoms with Crippen molar-refractivity contribution in [2.24, 2.45) is 5.41 Å². The number of benzene rings is 1. The molecule has 0 aliphatic heterocycles. The van der Waals surface area contributed by atoms with Gasteiger partial charge in [-0.05, 0) is 71.9 Å². The molecule has 154 valence electrons. The monoisotopic (exact) mass is 518 g/mol. The van der Waals surface area contributed by atoms with E-state index in [0.29, 0.717) is 14.9 Å². The summed E-state index contributed by atoms with van der Waals surface area (Å²) in [6.45, 7) is 9.52. The lowest BCUT2D eigenvalue weighted by Gasteiger charge is -2.28. The summed E-state index contributed by atoms with van der Waals surface area (Å²) in [6.07, 6.45) is 2.42. The van der Waals surface area contributed by atoms with E-state index in [4.69, 9.17) is 9.47 Å². The van der Waals surface area contributed by atoms with E-state index < -0.39 is 28.2 Å². The van der Waals surface area contributed by atoms with Gasteiger partial charge in [0.2, 0.25) is 0 Å². The van der Waals surface area contributed by atoms with Crippen LogP contribution in [0.5, 0.6) is 0 Å². The standard InChI is InChI=1S/C21H27IO5S/c1-5-26-19(23)21(15-17(4)22,20(24)27-6-2)13-7-8-14-28(25)18-11-9-16(3)10-12-18/h8-12,14H,4-7,13,15H2,1-3H3/b14-8+. The highest BCUT2D eigenvalue weighted by Gasteiger charge is 2.48. The Bertz CT molecular complexity index is 722. The van der Waals surface area contributed by atoms with E-state index in [1.54, 1.807) is 25.3 Å². The van der Waals surface area contributed by atoms with Gasteiger partial charge < -0.3 is 9.47 Å². The zero-order valence-corrected chi connectivity index (χ0v) is 19.5. The molecule has 0 N–H and O–H groups in total. The average molecular weight is 518 g/mol. The van der Waals surface area contributed by atoms with Gasteiger partial charge in [0.15, 0.2) is 5.41 Å². The number of hydrogen-bond donors (Lipinski definition) is 0. The molecular weight excluding hydrogens is 491 g/mol. The van der Waals surface area contributed by atoms with Crippen LogP contribution in [0.1, 0.15) is 38.7 Å². The van der Waals surface area contributed by atoms with E-state index in [1.807, 2.05) is 53.8 Å². The number of ether oxygens (including phenoxy) is 2. The lowest BCUT2D eigenvalue weighted by atomic mass is 9.80. The molecule has 0 radical (unpaired) electrons. The van der Waals surface area contributed by atoms with E-state index >= 15 is 0 Å². The zero-order valence-electron chi connectivity index (χ0n) is 16.5. The molecule has 1 rings (SSSR count). The Morgan fingerprint density at radius 2 is 1.68 bits per heavy atom. The predicted octanol–water partition coefficient (Wildman–Crippen LogP) is 4.85. The number of hydrogen-bond acceptors (Lipinski definition) is 5. The van der Waals surface area contributed by atoms with Crippen LogP contribution in [0.25, 0.3) is 0 Å². The average Bonchev–Trinajstić information content (AvgIpc) is 2.64. The first-order valence-electron chi connectivity index (χ1n) is 9.08. The van der Waals surface area contributed by atoms with E-state index in [1.165, 1.54) is 0 Å². The molecule has 0 bridgehead atoms. The highest BCUT2D eigenvalue weighted by atomic mass is 127. The Morgan fingerprint density at radius 3 is 2.14 bits per heavy atom. The van der Waals surface area contributed by atoms with Crippen LogP contribution in [0, 0.1) is 12.3 Å². The Morgan fingerprint density at radius 1 is 1.14 bits per heavy atom. The van der Waals surface area contributed by atoms with Gasteiger partial charge in [0, 0.05) is 16.7 Å². The quantitative estimate of drug-likeness (QED) is 0.238. The number of esters is 2. The van der Waals surface area contributed by atoms with Crippen molar-refractivity contribution in [3.63, 3.8) is 0 Å². The Kier molecular flexibility index (Phi) is 10.7. The molecule has 0 saturated heterocycles. The van der Waals surface area contributed by atoms with Crippen LogP contribution in [0.15, 0.2) is 50.8 Å². The van der Waals surface area contributed by atoms with Crippen molar-refractivity contribution in [3.8, 4) is 0 Å². The van der Waals surface area contributed by atoms with Crippen LogP contribution in [0.4, 0.5) is 0 Å². The van der Waals surface area contributed by atoms with E-state index in [0.717, 1.165) is 5.56 Å². The number of allylic oxidation sites excluding steroid dienone is 2. The number of halogens is 1. The molecule has 0 amide bonds. The number of aryl methyl sites for hydroxylation is 1. The lowest BCUT2D eigenvalue weighted by molar-refractivity contribution is -0.172. The molecule has 0 fully saturated rings. The van der Waals surface area contributed by atoms with Gasteiger partial charge in [0.1, 0.15) is 0 Å². The first kappa shape index (κ1) is 24.6. The second kappa shape index (κ2) is 12.2. The van der Waals surface area contributed by atoms with E-state index in [-0.39, 0.29) is 26.1 Å². The first-order chi connectivity index (χ1) is 13.3. The van der Waals surface area contributed by atoms with Crippen LogP contribution in [-0.4, -0.2) is 29.4 Å². The third kappa shape index (κ3) is 7.16. The maximum atomic E-state index is 12.6. The normalized spacial score (nSPS) is 12.6. The molecule has 0 aliphatic carbocycles. The molecule has 0 saturated carbocycles. The summed E-state index contributed by atoms with van der Waals surface area (Å²) in [4.78, 5) is 26.0. The summed E-state index contributed by atoms with van der Waals surface area (Å²) in [6, 6.07) is 7.44.